The SMILES string of the molecule is Cc1ccc(NC(C)c2ccc3ccccc3c2O)cn1. The Balaban J connectivity index is 1.92. The van der Waals surface area contributed by atoms with Crippen LogP contribution in [0, 0.1) is 6.92 Å². The molecule has 1 heterocycles. The molecule has 0 bridgehead atoms. The van der Waals surface area contributed by atoms with Crippen LogP contribution in [0.5, 0.6) is 5.75 Å². The lowest BCUT2D eigenvalue weighted by atomic mass is 10.0. The first-order valence-electron chi connectivity index (χ1n) is 7.05. The maximum atomic E-state index is 10.5. The summed E-state index contributed by atoms with van der Waals surface area (Å²) in [5.41, 5.74) is 2.82. The van der Waals surface area contributed by atoms with E-state index in [1.807, 2.05) is 68.6 Å². The minimum atomic E-state index is -0.000822. The van der Waals surface area contributed by atoms with Crippen molar-refractivity contribution in [3.05, 3.63) is 66.0 Å². The van der Waals surface area contributed by atoms with Crippen LogP contribution >= 0.6 is 0 Å². The molecule has 3 aromatic rings. The lowest BCUT2D eigenvalue weighted by molar-refractivity contribution is 0.472. The Morgan fingerprint density at radius 3 is 2.62 bits per heavy atom. The van der Waals surface area contributed by atoms with Gasteiger partial charge in [-0.15, -0.1) is 0 Å². The first-order chi connectivity index (χ1) is 10.1. The van der Waals surface area contributed by atoms with E-state index in [1.54, 1.807) is 0 Å². The van der Waals surface area contributed by atoms with Gasteiger partial charge in [0.1, 0.15) is 5.75 Å². The maximum absolute atomic E-state index is 10.5. The van der Waals surface area contributed by atoms with Crippen LogP contribution in [-0.2, 0) is 0 Å². The number of benzene rings is 2. The number of anilines is 1. The van der Waals surface area contributed by atoms with Crippen molar-refractivity contribution < 1.29 is 5.11 Å². The lowest BCUT2D eigenvalue weighted by Crippen LogP contribution is -2.07. The minimum Gasteiger partial charge on any atom is -0.507 e. The Kier molecular flexibility index (Phi) is 3.48. The van der Waals surface area contributed by atoms with Gasteiger partial charge >= 0.3 is 0 Å². The predicted octanol–water partition coefficient (Wildman–Crippen LogP) is 4.42. The maximum Gasteiger partial charge on any atom is 0.128 e. The third-order valence-corrected chi connectivity index (χ3v) is 3.69. The number of hydrogen-bond donors (Lipinski definition) is 2. The van der Waals surface area contributed by atoms with Crippen LogP contribution in [0.25, 0.3) is 10.8 Å². The highest BCUT2D eigenvalue weighted by atomic mass is 16.3. The van der Waals surface area contributed by atoms with E-state index in [9.17, 15) is 5.11 Å². The number of rotatable bonds is 3. The summed E-state index contributed by atoms with van der Waals surface area (Å²) in [6, 6.07) is 15.8. The van der Waals surface area contributed by atoms with Crippen molar-refractivity contribution in [3.63, 3.8) is 0 Å². The van der Waals surface area contributed by atoms with E-state index in [4.69, 9.17) is 0 Å². The molecule has 0 saturated heterocycles. The fourth-order valence-electron chi connectivity index (χ4n) is 2.50. The topological polar surface area (TPSA) is 45.1 Å². The zero-order valence-corrected chi connectivity index (χ0v) is 12.2. The van der Waals surface area contributed by atoms with Crippen molar-refractivity contribution in [3.8, 4) is 5.75 Å². The largest absolute Gasteiger partial charge is 0.507 e. The number of phenols is 1. The van der Waals surface area contributed by atoms with Crippen molar-refractivity contribution in [2.45, 2.75) is 19.9 Å². The fraction of sp³-hybridized carbons (Fsp3) is 0.167. The van der Waals surface area contributed by atoms with E-state index in [0.29, 0.717) is 5.75 Å². The number of nitrogens with zero attached hydrogens (tertiary/aromatic N) is 1. The Morgan fingerprint density at radius 1 is 1.05 bits per heavy atom. The smallest absolute Gasteiger partial charge is 0.128 e. The predicted molar refractivity (Wildman–Crippen MR) is 86.6 cm³/mol. The third-order valence-electron chi connectivity index (χ3n) is 3.69. The molecule has 0 amide bonds. The lowest BCUT2D eigenvalue weighted by Gasteiger charge is -2.18. The number of nitrogens with one attached hydrogen (secondary N) is 1. The van der Waals surface area contributed by atoms with Gasteiger partial charge in [0.2, 0.25) is 0 Å². The summed E-state index contributed by atoms with van der Waals surface area (Å²) in [4.78, 5) is 4.27. The number of hydrogen-bond acceptors (Lipinski definition) is 3. The van der Waals surface area contributed by atoms with Gasteiger partial charge in [-0.25, -0.2) is 0 Å². The number of fused-ring (bicyclic) bond motifs is 1. The first-order valence-corrected chi connectivity index (χ1v) is 7.05. The van der Waals surface area contributed by atoms with Crippen molar-refractivity contribution in [1.82, 2.24) is 4.98 Å². The van der Waals surface area contributed by atoms with Gasteiger partial charge in [0.15, 0.2) is 0 Å². The molecule has 0 spiro atoms. The summed E-state index contributed by atoms with van der Waals surface area (Å²) in [6.07, 6.45) is 1.81. The fourth-order valence-corrected chi connectivity index (χ4v) is 2.50. The van der Waals surface area contributed by atoms with E-state index < -0.39 is 0 Å². The van der Waals surface area contributed by atoms with Gasteiger partial charge < -0.3 is 10.4 Å². The Labute approximate surface area is 124 Å². The normalized spacial score (nSPS) is 12.3. The molecule has 2 N–H and O–H groups in total. The standard InChI is InChI=1S/C18H18N2O/c1-12-7-9-15(11-19-12)20-13(2)16-10-8-14-5-3-4-6-17(14)18(16)21/h3-11,13,20-21H,1-2H3. The molecule has 21 heavy (non-hydrogen) atoms. The number of aromatic hydroxyl groups is 1. The van der Waals surface area contributed by atoms with Gasteiger partial charge in [0, 0.05) is 16.6 Å². The molecule has 0 radical (unpaired) electrons. The van der Waals surface area contributed by atoms with Crippen LogP contribution in [0.15, 0.2) is 54.7 Å². The number of aryl methyl sites for hydroxylation is 1. The van der Waals surface area contributed by atoms with Gasteiger partial charge in [0.25, 0.3) is 0 Å². The number of phenolic OH excluding ortho intramolecular Hbond substituents is 1. The molecule has 1 atom stereocenters. The van der Waals surface area contributed by atoms with Gasteiger partial charge in [-0.2, -0.15) is 0 Å². The molecule has 3 nitrogen and oxygen atoms in total. The molecule has 0 saturated carbocycles. The van der Waals surface area contributed by atoms with E-state index in [0.717, 1.165) is 27.7 Å². The molecule has 3 heteroatoms. The summed E-state index contributed by atoms with van der Waals surface area (Å²) in [5, 5.41) is 15.8. The van der Waals surface area contributed by atoms with E-state index in [2.05, 4.69) is 10.3 Å². The summed E-state index contributed by atoms with van der Waals surface area (Å²) in [5.74, 6) is 0.341. The van der Waals surface area contributed by atoms with E-state index >= 15 is 0 Å². The minimum absolute atomic E-state index is 0.000822. The third kappa shape index (κ3) is 2.68. The van der Waals surface area contributed by atoms with Gasteiger partial charge in [-0.3, -0.25) is 4.98 Å². The molecule has 0 fully saturated rings. The van der Waals surface area contributed by atoms with Crippen LogP contribution in [0.4, 0.5) is 5.69 Å². The summed E-state index contributed by atoms with van der Waals surface area (Å²) in [7, 11) is 0. The molecule has 0 aliphatic heterocycles. The highest BCUT2D eigenvalue weighted by molar-refractivity contribution is 5.89. The van der Waals surface area contributed by atoms with Crippen molar-refractivity contribution in [2.24, 2.45) is 0 Å². The Morgan fingerprint density at radius 2 is 1.86 bits per heavy atom. The molecule has 1 unspecified atom stereocenters. The second-order valence-corrected chi connectivity index (χ2v) is 5.28. The van der Waals surface area contributed by atoms with Gasteiger partial charge in [-0.1, -0.05) is 36.4 Å². The van der Waals surface area contributed by atoms with Crippen molar-refractivity contribution in [1.29, 1.82) is 0 Å². The molecule has 1 aromatic heterocycles. The van der Waals surface area contributed by atoms with Crippen LogP contribution in [0.3, 0.4) is 0 Å². The summed E-state index contributed by atoms with van der Waals surface area (Å²) >= 11 is 0. The van der Waals surface area contributed by atoms with Gasteiger partial charge in [0.05, 0.1) is 17.9 Å². The van der Waals surface area contributed by atoms with Crippen LogP contribution in [0.2, 0.25) is 0 Å². The highest BCUT2D eigenvalue weighted by Crippen LogP contribution is 2.33. The highest BCUT2D eigenvalue weighted by Gasteiger charge is 2.12. The average molecular weight is 278 g/mol. The molecule has 2 aromatic carbocycles. The summed E-state index contributed by atoms with van der Waals surface area (Å²) < 4.78 is 0. The summed E-state index contributed by atoms with van der Waals surface area (Å²) in [6.45, 7) is 3.99. The zero-order valence-electron chi connectivity index (χ0n) is 12.2. The molecule has 106 valence electrons. The van der Waals surface area contributed by atoms with Gasteiger partial charge in [-0.05, 0) is 31.4 Å². The van der Waals surface area contributed by atoms with Crippen molar-refractivity contribution in [2.75, 3.05) is 5.32 Å². The molecular weight excluding hydrogens is 260 g/mol. The molecular formula is C18H18N2O. The Hall–Kier alpha value is -2.55. The van der Waals surface area contributed by atoms with Crippen LogP contribution < -0.4 is 5.32 Å². The van der Waals surface area contributed by atoms with E-state index in [1.165, 1.54) is 0 Å². The van der Waals surface area contributed by atoms with Crippen LogP contribution in [0.1, 0.15) is 24.2 Å². The monoisotopic (exact) mass is 278 g/mol. The Bertz CT molecular complexity index is 766. The van der Waals surface area contributed by atoms with Crippen molar-refractivity contribution >= 4 is 16.5 Å². The second kappa shape index (κ2) is 5.44. The number of pyridine rings is 1. The first kappa shape index (κ1) is 13.4. The quantitative estimate of drug-likeness (QED) is 0.745. The average Bonchev–Trinajstić information content (AvgIpc) is 2.50. The van der Waals surface area contributed by atoms with E-state index in [-0.39, 0.29) is 6.04 Å². The van der Waals surface area contributed by atoms with Crippen LogP contribution in [-0.4, -0.2) is 10.1 Å². The molecule has 3 rings (SSSR count). The zero-order chi connectivity index (χ0) is 14.8. The molecule has 0 aliphatic carbocycles. The second-order valence-electron chi connectivity index (χ2n) is 5.28. The molecule has 0 aliphatic rings. The number of aromatic nitrogens is 1.